The summed E-state index contributed by atoms with van der Waals surface area (Å²) in [6.07, 6.45) is 10.8. The predicted octanol–water partition coefficient (Wildman–Crippen LogP) is 6.48. The summed E-state index contributed by atoms with van der Waals surface area (Å²) < 4.78 is 31.6. The monoisotopic (exact) mass is 696 g/mol. The molecule has 5 unspecified atom stereocenters. The number of fused-ring (bicyclic) bond motifs is 2. The fourth-order valence-electron chi connectivity index (χ4n) is 9.01. The first-order valence-electron chi connectivity index (χ1n) is 17.5. The lowest BCUT2D eigenvalue weighted by Crippen LogP contribution is -2.72. The van der Waals surface area contributed by atoms with Gasteiger partial charge < -0.3 is 23.7 Å². The number of rotatable bonds is 8. The Labute approximate surface area is 297 Å². The highest BCUT2D eigenvalue weighted by Crippen LogP contribution is 2.69. The number of benzene rings is 1. The number of esters is 2. The molecule has 0 aromatic heterocycles. The first-order chi connectivity index (χ1) is 23.9. The largest absolute Gasteiger partial charge is 0.482 e. The molecule has 7 aliphatic rings. The van der Waals surface area contributed by atoms with Crippen LogP contribution in [0, 0.1) is 11.8 Å². The topological polar surface area (TPSA) is 132 Å². The Morgan fingerprint density at radius 2 is 1.59 bits per heavy atom. The number of ketones is 3. The van der Waals surface area contributed by atoms with Gasteiger partial charge in [0.05, 0.1) is 18.3 Å². The zero-order chi connectivity index (χ0) is 37.0. The van der Waals surface area contributed by atoms with E-state index in [1.807, 2.05) is 54.5 Å². The van der Waals surface area contributed by atoms with Crippen molar-refractivity contribution < 1.29 is 47.7 Å². The lowest BCUT2D eigenvalue weighted by molar-refractivity contribution is -0.171. The summed E-state index contributed by atoms with van der Waals surface area (Å²) in [4.78, 5) is 68.9. The van der Waals surface area contributed by atoms with Crippen LogP contribution in [0.1, 0.15) is 103 Å². The van der Waals surface area contributed by atoms with E-state index in [9.17, 15) is 19.2 Å². The minimum absolute atomic E-state index is 0.0138. The van der Waals surface area contributed by atoms with E-state index in [-0.39, 0.29) is 58.0 Å². The molecule has 1 saturated heterocycles. The maximum Gasteiger partial charge on any atom is 0.385 e. The summed E-state index contributed by atoms with van der Waals surface area (Å²) in [6, 6.07) is 0. The standard InChI is InChI=1S/C41H44O10/c1-20(2)11-10-15-39(8)19-25-28-32(49-39)24(13-12-21(3)4)33-29(34(28)48-37(46)30(25)42)31(43)26-17-23-18-27-38(6,7)51-40(35(23)44,41(26,27)50-33)16-14-22(5)36(45)47-9/h11-12,14,17,19,23,27H,10,13,15-16,18H2,1-9H3. The van der Waals surface area contributed by atoms with Crippen molar-refractivity contribution in [2.24, 2.45) is 11.8 Å². The van der Waals surface area contributed by atoms with E-state index in [2.05, 4.69) is 6.08 Å². The van der Waals surface area contributed by atoms with Gasteiger partial charge >= 0.3 is 11.9 Å². The molecule has 3 aliphatic carbocycles. The molecule has 2 fully saturated rings. The third-order valence-corrected chi connectivity index (χ3v) is 11.3. The van der Waals surface area contributed by atoms with Crippen molar-refractivity contribution in [3.8, 4) is 17.2 Å². The molecule has 1 spiro atoms. The van der Waals surface area contributed by atoms with Gasteiger partial charge in [-0.25, -0.2) is 9.59 Å². The van der Waals surface area contributed by atoms with Crippen LogP contribution < -0.4 is 14.2 Å². The molecule has 0 radical (unpaired) electrons. The molecule has 1 aromatic carbocycles. The van der Waals surface area contributed by atoms with Crippen molar-refractivity contribution in [3.05, 3.63) is 69.4 Å². The van der Waals surface area contributed by atoms with Gasteiger partial charge in [0.15, 0.2) is 28.5 Å². The molecule has 268 valence electrons. The van der Waals surface area contributed by atoms with Crippen LogP contribution >= 0.6 is 0 Å². The molecule has 10 heteroatoms. The number of carbonyl (C=O) groups is 5. The van der Waals surface area contributed by atoms with Crippen LogP contribution in [0.2, 0.25) is 0 Å². The van der Waals surface area contributed by atoms with Crippen LogP contribution in [0.25, 0.3) is 5.57 Å². The van der Waals surface area contributed by atoms with Crippen molar-refractivity contribution in [2.75, 3.05) is 7.11 Å². The summed E-state index contributed by atoms with van der Waals surface area (Å²) in [7, 11) is 1.28. The quantitative estimate of drug-likeness (QED) is 0.0979. The van der Waals surface area contributed by atoms with Gasteiger partial charge in [-0.05, 0) is 87.1 Å². The average Bonchev–Trinajstić information content (AvgIpc) is 3.21. The van der Waals surface area contributed by atoms with Crippen LogP contribution in [0.3, 0.4) is 0 Å². The summed E-state index contributed by atoms with van der Waals surface area (Å²) >= 11 is 0. The van der Waals surface area contributed by atoms with Crippen molar-refractivity contribution in [3.63, 3.8) is 0 Å². The van der Waals surface area contributed by atoms with Crippen LogP contribution in [0.15, 0.2) is 52.7 Å². The van der Waals surface area contributed by atoms with Gasteiger partial charge in [-0.2, -0.15) is 0 Å². The second-order valence-corrected chi connectivity index (χ2v) is 15.8. The second kappa shape index (κ2) is 11.5. The van der Waals surface area contributed by atoms with E-state index in [1.54, 1.807) is 25.2 Å². The predicted molar refractivity (Wildman–Crippen MR) is 187 cm³/mol. The van der Waals surface area contributed by atoms with Crippen molar-refractivity contribution >= 4 is 34.9 Å². The fourth-order valence-corrected chi connectivity index (χ4v) is 9.01. The lowest BCUT2D eigenvalue weighted by Gasteiger charge is -2.56. The molecule has 0 N–H and O–H groups in total. The van der Waals surface area contributed by atoms with Crippen molar-refractivity contribution in [1.82, 2.24) is 0 Å². The van der Waals surface area contributed by atoms with Gasteiger partial charge in [0.1, 0.15) is 22.7 Å². The van der Waals surface area contributed by atoms with Gasteiger partial charge in [0.25, 0.3) is 5.78 Å². The number of carbonyl (C=O) groups excluding carboxylic acids is 5. The molecule has 8 rings (SSSR count). The van der Waals surface area contributed by atoms with Gasteiger partial charge in [-0.3, -0.25) is 14.4 Å². The SMILES string of the molecule is COC(=O)C(C)=CCC12OC(C)(C)C3CC(C=C4C(=O)c5c(c(CC=C(C)C)c6c7c5OC(=O)C(=O)C7=CC(C)(CCC=C(C)C)O6)OC431)C2=O. The molecule has 10 nitrogen and oxygen atoms in total. The first-order valence-corrected chi connectivity index (χ1v) is 17.5. The maximum absolute atomic E-state index is 15.2. The number of hydrogen-bond acceptors (Lipinski definition) is 10. The molecule has 5 atom stereocenters. The van der Waals surface area contributed by atoms with Crippen LogP contribution in [0.5, 0.6) is 17.2 Å². The molecule has 51 heavy (non-hydrogen) atoms. The normalized spacial score (nSPS) is 30.5. The molecule has 1 saturated carbocycles. The Bertz CT molecular complexity index is 2010. The van der Waals surface area contributed by atoms with Crippen molar-refractivity contribution in [1.29, 1.82) is 0 Å². The maximum atomic E-state index is 15.2. The molecular weight excluding hydrogens is 652 g/mol. The molecular formula is C41H44O10. The second-order valence-electron chi connectivity index (χ2n) is 15.8. The van der Waals surface area contributed by atoms with E-state index >= 15 is 4.79 Å². The van der Waals surface area contributed by atoms with Gasteiger partial charge in [-0.1, -0.05) is 35.5 Å². The highest BCUT2D eigenvalue weighted by molar-refractivity contribution is 6.54. The zero-order valence-electron chi connectivity index (χ0n) is 30.7. The smallest absolute Gasteiger partial charge is 0.385 e. The summed E-state index contributed by atoms with van der Waals surface area (Å²) in [5, 5.41) is 0. The van der Waals surface area contributed by atoms with E-state index in [4.69, 9.17) is 23.7 Å². The first kappa shape index (κ1) is 34.9. The fraction of sp³-hybridized carbons (Fsp3) is 0.488. The summed E-state index contributed by atoms with van der Waals surface area (Å²) in [5.74, 6) is -3.87. The Morgan fingerprint density at radius 1 is 0.902 bits per heavy atom. The van der Waals surface area contributed by atoms with Gasteiger partial charge in [-0.15, -0.1) is 0 Å². The van der Waals surface area contributed by atoms with E-state index in [0.717, 1.165) is 11.1 Å². The molecule has 4 heterocycles. The van der Waals surface area contributed by atoms with Crippen LogP contribution in [-0.4, -0.2) is 58.8 Å². The number of Topliss-reactive ketones (excluding diaryl/α,β-unsaturated/α-hetero) is 3. The number of hydrogen-bond donors (Lipinski definition) is 0. The van der Waals surface area contributed by atoms with E-state index in [1.165, 1.54) is 7.11 Å². The Balaban J connectivity index is 1.51. The van der Waals surface area contributed by atoms with E-state index in [0.29, 0.717) is 30.6 Å². The molecule has 4 aliphatic heterocycles. The Hall–Kier alpha value is -4.57. The van der Waals surface area contributed by atoms with Gasteiger partial charge in [0, 0.05) is 40.5 Å². The molecule has 1 aromatic rings. The van der Waals surface area contributed by atoms with Gasteiger partial charge in [0.2, 0.25) is 0 Å². The third-order valence-electron chi connectivity index (χ3n) is 11.3. The molecule has 0 amide bonds. The highest BCUT2D eigenvalue weighted by atomic mass is 16.6. The highest BCUT2D eigenvalue weighted by Gasteiger charge is 2.81. The Morgan fingerprint density at radius 3 is 2.25 bits per heavy atom. The number of methoxy groups -OCH3 is 1. The lowest BCUT2D eigenvalue weighted by atomic mass is 9.51. The number of allylic oxidation sites excluding steroid dienone is 5. The average molecular weight is 697 g/mol. The minimum atomic E-state index is -1.66. The zero-order valence-corrected chi connectivity index (χ0v) is 30.7. The number of ether oxygens (including phenoxy) is 5. The Kier molecular flexibility index (Phi) is 7.84. The molecule has 4 bridgehead atoms. The van der Waals surface area contributed by atoms with Crippen LogP contribution in [-0.2, 0) is 35.1 Å². The summed E-state index contributed by atoms with van der Waals surface area (Å²) in [5.41, 5.74) is -1.56. The van der Waals surface area contributed by atoms with Crippen molar-refractivity contribution in [2.45, 2.75) is 110 Å². The van der Waals surface area contributed by atoms with Crippen LogP contribution in [0.4, 0.5) is 0 Å². The van der Waals surface area contributed by atoms with E-state index < -0.39 is 57.7 Å². The minimum Gasteiger partial charge on any atom is -0.482 e. The summed E-state index contributed by atoms with van der Waals surface area (Å²) in [6.45, 7) is 15.2. The third kappa shape index (κ3) is 4.81.